The third kappa shape index (κ3) is 2.67. The number of hydrogen-bond donors (Lipinski definition) is 0. The summed E-state index contributed by atoms with van der Waals surface area (Å²) in [4.78, 5) is 18.9. The summed E-state index contributed by atoms with van der Waals surface area (Å²) < 4.78 is 13.3. The number of rotatable bonds is 2. The summed E-state index contributed by atoms with van der Waals surface area (Å²) in [7, 11) is 0. The van der Waals surface area contributed by atoms with E-state index in [2.05, 4.69) is 24.2 Å². The largest absolute Gasteiger partial charge is 0.277 e. The van der Waals surface area contributed by atoms with Gasteiger partial charge < -0.3 is 0 Å². The van der Waals surface area contributed by atoms with Gasteiger partial charge in [0, 0.05) is 11.1 Å². The third-order valence-electron chi connectivity index (χ3n) is 5.27. The van der Waals surface area contributed by atoms with Gasteiger partial charge in [-0.1, -0.05) is 29.8 Å². The van der Waals surface area contributed by atoms with Gasteiger partial charge >= 0.3 is 0 Å². The first-order valence-corrected chi connectivity index (χ1v) is 9.58. The predicted molar refractivity (Wildman–Crippen MR) is 112 cm³/mol. The second-order valence-corrected chi connectivity index (χ2v) is 7.45. The Labute approximate surface area is 173 Å². The lowest BCUT2D eigenvalue weighted by Crippen LogP contribution is -2.49. The van der Waals surface area contributed by atoms with Crippen molar-refractivity contribution in [2.45, 2.75) is 20.8 Å². The quantitative estimate of drug-likeness (QED) is 0.626. The Balaban J connectivity index is 1.60. The van der Waals surface area contributed by atoms with Crippen LogP contribution in [-0.4, -0.2) is 17.0 Å². The van der Waals surface area contributed by atoms with Crippen molar-refractivity contribution in [1.82, 2.24) is 5.28 Å². The van der Waals surface area contributed by atoms with E-state index in [4.69, 9.17) is 4.94 Å². The van der Waals surface area contributed by atoms with Crippen LogP contribution in [0, 0.1) is 26.6 Å². The minimum Gasteiger partial charge on any atom is -0.267 e. The number of hydrogen-bond acceptors (Lipinski definition) is 5. The summed E-state index contributed by atoms with van der Waals surface area (Å²) in [5.74, 6) is -0.144. The van der Waals surface area contributed by atoms with Crippen molar-refractivity contribution in [3.8, 4) is 0 Å². The highest BCUT2D eigenvalue weighted by Gasteiger charge is 2.47. The Hall–Kier alpha value is -3.71. The Morgan fingerprint density at radius 3 is 2.23 bits per heavy atom. The summed E-state index contributed by atoms with van der Waals surface area (Å²) >= 11 is 0. The number of benzene rings is 3. The average Bonchev–Trinajstić information content (AvgIpc) is 3.26. The van der Waals surface area contributed by atoms with E-state index in [0.29, 0.717) is 17.1 Å². The van der Waals surface area contributed by atoms with Crippen LogP contribution in [0.5, 0.6) is 0 Å². The van der Waals surface area contributed by atoms with Crippen molar-refractivity contribution in [3.63, 3.8) is 0 Å². The number of carbonyl (C=O) groups excluding carboxylic acids is 1. The SMILES string of the molecule is Cc1cc(C)c(C2=NON3N(C(=O)c4ccc(F)cc4)c4ccccc4N23)c(C)c1. The number of halogens is 1. The first-order valence-electron chi connectivity index (χ1n) is 9.58. The van der Waals surface area contributed by atoms with Gasteiger partial charge in [-0.25, -0.2) is 4.39 Å². The molecule has 0 aromatic heterocycles. The number of amides is 1. The van der Waals surface area contributed by atoms with Crippen LogP contribution in [0.3, 0.4) is 0 Å². The molecule has 0 saturated carbocycles. The fourth-order valence-electron chi connectivity index (χ4n) is 4.06. The lowest BCUT2D eigenvalue weighted by Gasteiger charge is -2.25. The molecule has 2 aliphatic rings. The third-order valence-corrected chi connectivity index (χ3v) is 5.27. The van der Waals surface area contributed by atoms with E-state index in [-0.39, 0.29) is 5.91 Å². The molecular weight excluding hydrogens is 383 g/mol. The van der Waals surface area contributed by atoms with Crippen LogP contribution in [0.1, 0.15) is 32.6 Å². The van der Waals surface area contributed by atoms with Crippen LogP contribution in [0.25, 0.3) is 0 Å². The first-order chi connectivity index (χ1) is 14.5. The lowest BCUT2D eigenvalue weighted by atomic mass is 9.98. The van der Waals surface area contributed by atoms with E-state index >= 15 is 0 Å². The van der Waals surface area contributed by atoms with Crippen molar-refractivity contribution in [2.24, 2.45) is 5.16 Å². The second kappa shape index (κ2) is 6.67. The van der Waals surface area contributed by atoms with E-state index in [1.165, 1.54) is 40.1 Å². The maximum Gasteiger partial charge on any atom is 0.277 e. The van der Waals surface area contributed by atoms with Crippen LogP contribution >= 0.6 is 0 Å². The second-order valence-electron chi connectivity index (χ2n) is 7.45. The highest BCUT2D eigenvalue weighted by Crippen LogP contribution is 2.43. The maximum atomic E-state index is 13.3. The molecule has 0 N–H and O–H groups in total. The molecule has 7 heteroatoms. The van der Waals surface area contributed by atoms with Crippen molar-refractivity contribution in [3.05, 3.63) is 94.3 Å². The fourth-order valence-corrected chi connectivity index (χ4v) is 4.06. The van der Waals surface area contributed by atoms with Gasteiger partial charge in [0.25, 0.3) is 5.91 Å². The molecule has 5 rings (SSSR count). The lowest BCUT2D eigenvalue weighted by molar-refractivity contribution is -0.135. The molecule has 2 heterocycles. The van der Waals surface area contributed by atoms with Crippen LogP contribution in [0.15, 0.2) is 65.8 Å². The van der Waals surface area contributed by atoms with Gasteiger partial charge in [0.15, 0.2) is 0 Å². The van der Waals surface area contributed by atoms with Gasteiger partial charge in [0.05, 0.1) is 16.7 Å². The fraction of sp³-hybridized carbons (Fsp3) is 0.130. The Kier molecular flexibility index (Phi) is 4.08. The first kappa shape index (κ1) is 18.3. The molecule has 0 aliphatic carbocycles. The molecule has 0 atom stereocenters. The van der Waals surface area contributed by atoms with Gasteiger partial charge in [-0.15, -0.1) is 0 Å². The van der Waals surface area contributed by atoms with E-state index in [1.807, 2.05) is 38.1 Å². The number of anilines is 2. The minimum atomic E-state index is -0.400. The molecule has 0 unspecified atom stereocenters. The normalized spacial score (nSPS) is 15.0. The zero-order chi connectivity index (χ0) is 21.0. The van der Waals surface area contributed by atoms with Crippen LogP contribution in [0.4, 0.5) is 15.8 Å². The predicted octanol–water partition coefficient (Wildman–Crippen LogP) is 4.66. The number of nitrogens with zero attached hydrogens (tertiary/aromatic N) is 4. The average molecular weight is 402 g/mol. The number of aryl methyl sites for hydroxylation is 3. The molecule has 0 spiro atoms. The highest BCUT2D eigenvalue weighted by atomic mass is 19.1. The van der Waals surface area contributed by atoms with E-state index < -0.39 is 5.82 Å². The number of fused-ring (bicyclic) bond motifs is 3. The van der Waals surface area contributed by atoms with Crippen LogP contribution in [-0.2, 0) is 4.94 Å². The van der Waals surface area contributed by atoms with E-state index in [1.54, 1.807) is 5.01 Å². The summed E-state index contributed by atoms with van der Waals surface area (Å²) in [6.45, 7) is 6.12. The van der Waals surface area contributed by atoms with Crippen molar-refractivity contribution in [1.29, 1.82) is 0 Å². The molecule has 3 aromatic rings. The smallest absolute Gasteiger partial charge is 0.267 e. The van der Waals surface area contributed by atoms with Gasteiger partial charge in [0.2, 0.25) is 5.84 Å². The topological polar surface area (TPSA) is 48.4 Å². The van der Waals surface area contributed by atoms with E-state index in [9.17, 15) is 9.18 Å². The maximum absolute atomic E-state index is 13.3. The van der Waals surface area contributed by atoms with Crippen molar-refractivity contribution >= 4 is 23.1 Å². The van der Waals surface area contributed by atoms with Gasteiger partial charge in [-0.05, 0) is 73.5 Å². The molecule has 0 saturated heterocycles. The van der Waals surface area contributed by atoms with Crippen molar-refractivity contribution < 1.29 is 14.1 Å². The Bertz CT molecular complexity index is 1180. The summed E-state index contributed by atoms with van der Waals surface area (Å²) in [6.07, 6.45) is 0. The van der Waals surface area contributed by atoms with Gasteiger partial charge in [-0.2, -0.15) is 10.0 Å². The summed E-state index contributed by atoms with van der Waals surface area (Å²) in [5, 5.41) is 8.81. The highest BCUT2D eigenvalue weighted by molar-refractivity contribution is 6.17. The van der Waals surface area contributed by atoms with Crippen LogP contribution < -0.4 is 10.0 Å². The Morgan fingerprint density at radius 1 is 0.933 bits per heavy atom. The molecular formula is C23H19FN4O2. The standard InChI is InChI=1S/C23H19FN4O2/c1-14-12-15(2)21(16(3)13-14)22-25-30-28-26(22)19-6-4-5-7-20(19)27(28)23(29)17-8-10-18(24)11-9-17/h4-13H,1-3H3. The zero-order valence-electron chi connectivity index (χ0n) is 16.8. The van der Waals surface area contributed by atoms with E-state index in [0.717, 1.165) is 22.4 Å². The molecule has 1 amide bonds. The number of amidine groups is 1. The summed E-state index contributed by atoms with van der Waals surface area (Å²) in [5.41, 5.74) is 6.02. The minimum absolute atomic E-state index is 0.341. The molecule has 30 heavy (non-hydrogen) atoms. The number of para-hydroxylation sites is 2. The number of hydrazine groups is 2. The zero-order valence-corrected chi connectivity index (χ0v) is 16.8. The monoisotopic (exact) mass is 402 g/mol. The molecule has 150 valence electrons. The number of oxime groups is 1. The summed E-state index contributed by atoms with van der Waals surface area (Å²) in [6, 6.07) is 17.1. The molecule has 6 nitrogen and oxygen atoms in total. The molecule has 2 aliphatic heterocycles. The molecule has 0 bridgehead atoms. The van der Waals surface area contributed by atoms with Gasteiger partial charge in [-0.3, -0.25) is 9.73 Å². The van der Waals surface area contributed by atoms with Crippen LogP contribution in [0.2, 0.25) is 0 Å². The number of carbonyl (C=O) groups is 1. The Morgan fingerprint density at radius 2 is 1.57 bits per heavy atom. The molecule has 0 fully saturated rings. The molecule has 0 radical (unpaired) electrons. The molecule has 3 aromatic carbocycles. The van der Waals surface area contributed by atoms with Gasteiger partial charge in [0.1, 0.15) is 5.82 Å². The van der Waals surface area contributed by atoms with Crippen molar-refractivity contribution in [2.75, 3.05) is 10.0 Å².